The lowest BCUT2D eigenvalue weighted by atomic mass is 9.99. The van der Waals surface area contributed by atoms with Gasteiger partial charge in [-0.15, -0.1) is 0 Å². The number of ether oxygens (including phenoxy) is 3. The first-order valence-corrected chi connectivity index (χ1v) is 17.6. The highest BCUT2D eigenvalue weighted by atomic mass is 16.7. The van der Waals surface area contributed by atoms with E-state index in [4.69, 9.17) is 14.2 Å². The Hall–Kier alpha value is -5.32. The Morgan fingerprint density at radius 3 is 1.96 bits per heavy atom. The Morgan fingerprint density at radius 2 is 1.37 bits per heavy atom. The fraction of sp³-hybridized carbons (Fsp3) is 0.256. The lowest BCUT2D eigenvalue weighted by Gasteiger charge is -2.38. The molecule has 1 aliphatic heterocycles. The summed E-state index contributed by atoms with van der Waals surface area (Å²) >= 11 is 0. The first kappa shape index (κ1) is 36.5. The third-order valence-corrected chi connectivity index (χ3v) is 9.07. The Bertz CT molecular complexity index is 1820. The van der Waals surface area contributed by atoms with Crippen molar-refractivity contribution in [1.29, 1.82) is 0 Å². The van der Waals surface area contributed by atoms with Crippen LogP contribution in [-0.4, -0.2) is 47.8 Å². The molecule has 0 bridgehead atoms. The molecule has 0 aliphatic carbocycles. The van der Waals surface area contributed by atoms with Crippen LogP contribution in [0.2, 0.25) is 0 Å². The number of hydrogen-bond donors (Lipinski definition) is 3. The van der Waals surface area contributed by atoms with Crippen LogP contribution in [0.5, 0.6) is 0 Å². The fourth-order valence-electron chi connectivity index (χ4n) is 6.46. The molecule has 0 saturated carbocycles. The molecule has 0 unspecified atom stereocenters. The van der Waals surface area contributed by atoms with Crippen LogP contribution in [0.15, 0.2) is 140 Å². The number of hydrogen-bond acceptors (Lipinski definition) is 7. The summed E-state index contributed by atoms with van der Waals surface area (Å²) in [4.78, 5) is 28.1. The predicted octanol–water partition coefficient (Wildman–Crippen LogP) is 7.33. The molecule has 5 aromatic carbocycles. The van der Waals surface area contributed by atoms with Crippen molar-refractivity contribution in [2.75, 3.05) is 19.0 Å². The van der Waals surface area contributed by atoms with Crippen LogP contribution >= 0.6 is 0 Å². The number of aliphatic hydroxyl groups is 1. The molecule has 0 spiro atoms. The van der Waals surface area contributed by atoms with E-state index in [2.05, 4.69) is 64.1 Å². The van der Waals surface area contributed by atoms with E-state index in [1.807, 2.05) is 84.9 Å². The highest BCUT2D eigenvalue weighted by molar-refractivity contribution is 5.92. The van der Waals surface area contributed by atoms with Crippen LogP contribution in [-0.2, 0) is 45.1 Å². The van der Waals surface area contributed by atoms with Gasteiger partial charge in [-0.1, -0.05) is 127 Å². The molecule has 3 N–H and O–H groups in total. The van der Waals surface area contributed by atoms with Crippen LogP contribution in [0, 0.1) is 0 Å². The second-order valence-electron chi connectivity index (χ2n) is 13.0. The van der Waals surface area contributed by atoms with Crippen LogP contribution in [0.25, 0.3) is 0 Å². The smallest absolute Gasteiger partial charge is 0.328 e. The van der Waals surface area contributed by atoms with Gasteiger partial charge >= 0.3 is 12.0 Å². The zero-order valence-electron chi connectivity index (χ0n) is 29.3. The number of methoxy groups -OCH3 is 1. The molecule has 9 nitrogen and oxygen atoms in total. The molecular weight excluding hydrogens is 654 g/mol. The zero-order chi connectivity index (χ0) is 36.1. The number of esters is 1. The average molecular weight is 700 g/mol. The number of amides is 2. The summed E-state index contributed by atoms with van der Waals surface area (Å²) in [5.41, 5.74) is 6.41. The number of benzene rings is 5. The van der Waals surface area contributed by atoms with Gasteiger partial charge in [0.2, 0.25) is 0 Å². The Morgan fingerprint density at radius 1 is 0.750 bits per heavy atom. The van der Waals surface area contributed by atoms with Crippen molar-refractivity contribution in [3.63, 3.8) is 0 Å². The lowest BCUT2D eigenvalue weighted by Crippen LogP contribution is -2.45. The van der Waals surface area contributed by atoms with Gasteiger partial charge in [0.15, 0.2) is 6.29 Å². The summed E-state index contributed by atoms with van der Waals surface area (Å²) < 4.78 is 18.3. The summed E-state index contributed by atoms with van der Waals surface area (Å²) in [6.45, 7) is 2.13. The highest BCUT2D eigenvalue weighted by Crippen LogP contribution is 2.39. The topological polar surface area (TPSA) is 109 Å². The fourth-order valence-corrected chi connectivity index (χ4v) is 6.46. The van der Waals surface area contributed by atoms with E-state index >= 15 is 0 Å². The van der Waals surface area contributed by atoms with Gasteiger partial charge in [0.1, 0.15) is 6.04 Å². The van der Waals surface area contributed by atoms with Gasteiger partial charge in [-0.3, -0.25) is 4.90 Å². The van der Waals surface area contributed by atoms with Gasteiger partial charge in [-0.25, -0.2) is 9.59 Å². The van der Waals surface area contributed by atoms with Gasteiger partial charge in [0.25, 0.3) is 0 Å². The largest absolute Gasteiger partial charge is 0.467 e. The predicted molar refractivity (Wildman–Crippen MR) is 200 cm³/mol. The summed E-state index contributed by atoms with van der Waals surface area (Å²) in [6, 6.07) is 44.1. The number of carbonyl (C=O) groups excluding carboxylic acids is 2. The van der Waals surface area contributed by atoms with Crippen LogP contribution in [0.4, 0.5) is 10.5 Å². The van der Waals surface area contributed by atoms with Gasteiger partial charge in [0.05, 0.1) is 25.9 Å². The molecule has 9 heteroatoms. The minimum atomic E-state index is -0.867. The highest BCUT2D eigenvalue weighted by Gasteiger charge is 2.33. The molecule has 268 valence electrons. The molecule has 0 radical (unpaired) electrons. The lowest BCUT2D eigenvalue weighted by molar-refractivity contribution is -0.253. The van der Waals surface area contributed by atoms with Crippen molar-refractivity contribution in [2.24, 2.45) is 0 Å². The van der Waals surface area contributed by atoms with Gasteiger partial charge in [0, 0.05) is 43.7 Å². The summed E-state index contributed by atoms with van der Waals surface area (Å²) in [5, 5.41) is 15.3. The molecule has 4 atom stereocenters. The Balaban J connectivity index is 1.21. The van der Waals surface area contributed by atoms with Crippen molar-refractivity contribution >= 4 is 17.7 Å². The van der Waals surface area contributed by atoms with Crippen LogP contribution < -0.4 is 10.6 Å². The van der Waals surface area contributed by atoms with Crippen molar-refractivity contribution in [3.8, 4) is 0 Å². The molecule has 1 fully saturated rings. The zero-order valence-corrected chi connectivity index (χ0v) is 29.3. The molecule has 52 heavy (non-hydrogen) atoms. The van der Waals surface area contributed by atoms with Crippen molar-refractivity contribution < 1.29 is 28.9 Å². The number of anilines is 1. The van der Waals surface area contributed by atoms with Crippen molar-refractivity contribution in [2.45, 2.75) is 57.1 Å². The molecule has 2 amide bonds. The maximum absolute atomic E-state index is 13.2. The third kappa shape index (κ3) is 10.4. The first-order chi connectivity index (χ1) is 25.4. The molecule has 6 rings (SSSR count). The SMILES string of the molecule is COC(=O)[C@H](Cc1ccccc1)NC(=O)Nc1cccc([C@@H]2O[C@H](CN(Cc3ccccc3)Cc3ccccc3)C[C@H](c3ccc(CO)cc3)O2)c1. The van der Waals surface area contributed by atoms with Crippen LogP contribution in [0.3, 0.4) is 0 Å². The minimum Gasteiger partial charge on any atom is -0.467 e. The molecule has 1 saturated heterocycles. The molecule has 1 aliphatic rings. The van der Waals surface area contributed by atoms with E-state index in [1.54, 1.807) is 6.07 Å². The van der Waals surface area contributed by atoms with Crippen molar-refractivity contribution in [1.82, 2.24) is 10.2 Å². The molecule has 0 aromatic heterocycles. The number of rotatable bonds is 14. The maximum Gasteiger partial charge on any atom is 0.328 e. The second-order valence-corrected chi connectivity index (χ2v) is 13.0. The number of nitrogens with one attached hydrogen (secondary N) is 2. The monoisotopic (exact) mass is 699 g/mol. The minimum absolute atomic E-state index is 0.0336. The number of carbonyl (C=O) groups is 2. The molecule has 5 aromatic rings. The second kappa shape index (κ2) is 18.3. The normalized spacial score (nSPS) is 17.6. The Kier molecular flexibility index (Phi) is 12.8. The van der Waals surface area contributed by atoms with E-state index < -0.39 is 24.3 Å². The first-order valence-electron chi connectivity index (χ1n) is 17.6. The van der Waals surface area contributed by atoms with E-state index in [1.165, 1.54) is 18.2 Å². The third-order valence-electron chi connectivity index (χ3n) is 9.07. The quantitative estimate of drug-likeness (QED) is 0.104. The number of aliphatic hydroxyl groups excluding tert-OH is 1. The van der Waals surface area contributed by atoms with E-state index in [0.29, 0.717) is 25.1 Å². The summed E-state index contributed by atoms with van der Waals surface area (Å²) in [7, 11) is 1.30. The number of nitrogens with zero attached hydrogens (tertiary/aromatic N) is 1. The van der Waals surface area contributed by atoms with Gasteiger partial charge < -0.3 is 30.0 Å². The molecular formula is C43H45N3O6. The average Bonchev–Trinajstić information content (AvgIpc) is 3.18. The summed E-state index contributed by atoms with van der Waals surface area (Å²) in [6.07, 6.45) is -0.260. The maximum atomic E-state index is 13.2. The summed E-state index contributed by atoms with van der Waals surface area (Å²) in [5.74, 6) is -0.533. The van der Waals surface area contributed by atoms with Gasteiger partial charge in [-0.2, -0.15) is 0 Å². The van der Waals surface area contributed by atoms with E-state index in [0.717, 1.165) is 35.3 Å². The Labute approximate surface area is 305 Å². The van der Waals surface area contributed by atoms with Gasteiger partial charge in [-0.05, 0) is 39.9 Å². The molecule has 1 heterocycles. The standard InChI is InChI=1S/C43H45N3O6/c1-50-41(48)39(24-31-12-5-2-6-13-31)45-43(49)44-37-19-11-18-36(25-37)42-51-38(26-40(52-42)35-22-20-34(30-47)21-23-35)29-46(27-32-14-7-3-8-15-32)28-33-16-9-4-10-17-33/h2-23,25,38-40,42,47H,24,26-30H2,1H3,(H2,44,45,49)/t38-,39-,40+,42+/m0/s1. The van der Waals surface area contributed by atoms with E-state index in [-0.39, 0.29) is 18.8 Å². The van der Waals surface area contributed by atoms with Crippen molar-refractivity contribution in [3.05, 3.63) is 173 Å². The van der Waals surface area contributed by atoms with Crippen LogP contribution in [0.1, 0.15) is 52.2 Å². The number of urea groups is 1. The van der Waals surface area contributed by atoms with E-state index in [9.17, 15) is 14.7 Å².